The number of hydrogen-bond acceptors (Lipinski definition) is 2. The van der Waals surface area contributed by atoms with Gasteiger partial charge in [0.2, 0.25) is 0 Å². The van der Waals surface area contributed by atoms with Crippen molar-refractivity contribution in [1.82, 2.24) is 5.32 Å². The third-order valence-electron chi connectivity index (χ3n) is 2.64. The summed E-state index contributed by atoms with van der Waals surface area (Å²) in [7, 11) is 0. The van der Waals surface area contributed by atoms with Crippen molar-refractivity contribution in [1.29, 1.82) is 0 Å². The summed E-state index contributed by atoms with van der Waals surface area (Å²) >= 11 is 3.30. The Hall–Kier alpha value is -1.24. The standard InChI is InChI=1S/C13H15BrF3NO2/c1-8(2)11(7-14)18-12(19)9-3-5-10(6-4-9)20-13(15,16)17/h3-6,8,11H,7H2,1-2H3,(H,18,19). The van der Waals surface area contributed by atoms with Gasteiger partial charge in [0.1, 0.15) is 5.75 Å². The molecule has 1 N–H and O–H groups in total. The molecular weight excluding hydrogens is 339 g/mol. The molecule has 1 rings (SSSR count). The number of ether oxygens (including phenoxy) is 1. The van der Waals surface area contributed by atoms with Gasteiger partial charge < -0.3 is 10.1 Å². The fourth-order valence-corrected chi connectivity index (χ4v) is 2.35. The van der Waals surface area contributed by atoms with Gasteiger partial charge in [-0.25, -0.2) is 0 Å². The lowest BCUT2D eigenvalue weighted by Gasteiger charge is -2.20. The molecule has 0 heterocycles. The molecule has 0 bridgehead atoms. The van der Waals surface area contributed by atoms with Crippen molar-refractivity contribution in [3.05, 3.63) is 29.8 Å². The number of alkyl halides is 4. The quantitative estimate of drug-likeness (QED) is 0.819. The van der Waals surface area contributed by atoms with Crippen molar-refractivity contribution in [2.75, 3.05) is 5.33 Å². The zero-order valence-electron chi connectivity index (χ0n) is 11.0. The van der Waals surface area contributed by atoms with E-state index in [9.17, 15) is 18.0 Å². The van der Waals surface area contributed by atoms with Crippen LogP contribution in [0.1, 0.15) is 24.2 Å². The van der Waals surface area contributed by atoms with Crippen molar-refractivity contribution in [3.8, 4) is 5.75 Å². The van der Waals surface area contributed by atoms with Crippen LogP contribution in [0.25, 0.3) is 0 Å². The normalized spacial score (nSPS) is 13.2. The van der Waals surface area contributed by atoms with Gasteiger partial charge in [-0.15, -0.1) is 13.2 Å². The van der Waals surface area contributed by atoms with E-state index in [0.717, 1.165) is 12.1 Å². The van der Waals surface area contributed by atoms with E-state index in [2.05, 4.69) is 26.0 Å². The molecule has 0 aliphatic heterocycles. The maximum Gasteiger partial charge on any atom is 0.573 e. The van der Waals surface area contributed by atoms with Crippen molar-refractivity contribution < 1.29 is 22.7 Å². The maximum absolute atomic E-state index is 12.0. The van der Waals surface area contributed by atoms with Gasteiger partial charge in [0.25, 0.3) is 5.91 Å². The van der Waals surface area contributed by atoms with Crippen molar-refractivity contribution >= 4 is 21.8 Å². The molecule has 1 aromatic rings. The third kappa shape index (κ3) is 5.40. The molecule has 0 aliphatic carbocycles. The number of carbonyl (C=O) groups is 1. The minimum atomic E-state index is -4.73. The summed E-state index contributed by atoms with van der Waals surface area (Å²) in [5.41, 5.74) is 0.283. The third-order valence-corrected chi connectivity index (χ3v) is 3.34. The molecule has 0 aliphatic rings. The second kappa shape index (κ2) is 6.97. The van der Waals surface area contributed by atoms with Gasteiger partial charge in [-0.2, -0.15) is 0 Å². The molecule has 1 aromatic carbocycles. The Morgan fingerprint density at radius 1 is 1.30 bits per heavy atom. The van der Waals surface area contributed by atoms with Crippen LogP contribution in [0.15, 0.2) is 24.3 Å². The van der Waals surface area contributed by atoms with Crippen LogP contribution in [0.5, 0.6) is 5.75 Å². The van der Waals surface area contributed by atoms with E-state index in [1.54, 1.807) is 0 Å². The highest BCUT2D eigenvalue weighted by Crippen LogP contribution is 2.22. The number of amides is 1. The topological polar surface area (TPSA) is 38.3 Å². The Kier molecular flexibility index (Phi) is 5.86. The number of nitrogens with one attached hydrogen (secondary N) is 1. The molecule has 1 atom stereocenters. The van der Waals surface area contributed by atoms with Crippen LogP contribution in [0.3, 0.4) is 0 Å². The lowest BCUT2D eigenvalue weighted by molar-refractivity contribution is -0.274. The first-order valence-electron chi connectivity index (χ1n) is 5.95. The highest BCUT2D eigenvalue weighted by molar-refractivity contribution is 9.09. The van der Waals surface area contributed by atoms with Gasteiger partial charge >= 0.3 is 6.36 Å². The largest absolute Gasteiger partial charge is 0.573 e. The minimum absolute atomic E-state index is 0.0476. The van der Waals surface area contributed by atoms with Crippen LogP contribution in [0.4, 0.5) is 13.2 Å². The van der Waals surface area contributed by atoms with Crippen LogP contribution < -0.4 is 10.1 Å². The highest BCUT2D eigenvalue weighted by atomic mass is 79.9. The van der Waals surface area contributed by atoms with Crippen LogP contribution >= 0.6 is 15.9 Å². The first-order valence-corrected chi connectivity index (χ1v) is 7.07. The van der Waals surface area contributed by atoms with Gasteiger partial charge in [-0.3, -0.25) is 4.79 Å². The number of hydrogen-bond donors (Lipinski definition) is 1. The fraction of sp³-hybridized carbons (Fsp3) is 0.462. The van der Waals surface area contributed by atoms with E-state index >= 15 is 0 Å². The molecular formula is C13H15BrF3NO2. The van der Waals surface area contributed by atoms with Crippen LogP contribution in [-0.4, -0.2) is 23.6 Å². The predicted molar refractivity (Wildman–Crippen MR) is 73.0 cm³/mol. The second-order valence-electron chi connectivity index (χ2n) is 4.55. The molecule has 112 valence electrons. The Morgan fingerprint density at radius 3 is 2.25 bits per heavy atom. The Bertz CT molecular complexity index is 446. The Labute approximate surface area is 123 Å². The average Bonchev–Trinajstić information content (AvgIpc) is 2.34. The van der Waals surface area contributed by atoms with Crippen LogP contribution in [-0.2, 0) is 0 Å². The molecule has 0 fully saturated rings. The lowest BCUT2D eigenvalue weighted by atomic mass is 10.1. The predicted octanol–water partition coefficient (Wildman–Crippen LogP) is 3.73. The zero-order valence-corrected chi connectivity index (χ0v) is 12.6. The first kappa shape index (κ1) is 16.8. The van der Waals surface area contributed by atoms with E-state index in [4.69, 9.17) is 0 Å². The SMILES string of the molecule is CC(C)C(CBr)NC(=O)c1ccc(OC(F)(F)F)cc1. The molecule has 0 radical (unpaired) electrons. The summed E-state index contributed by atoms with van der Waals surface area (Å²) in [4.78, 5) is 11.9. The molecule has 0 spiro atoms. The van der Waals surface area contributed by atoms with Gasteiger partial charge in [0, 0.05) is 16.9 Å². The van der Waals surface area contributed by atoms with Crippen molar-refractivity contribution in [2.45, 2.75) is 26.3 Å². The van der Waals surface area contributed by atoms with Gasteiger partial charge in [0.05, 0.1) is 0 Å². The average molecular weight is 354 g/mol. The van der Waals surface area contributed by atoms with Crippen molar-refractivity contribution in [3.63, 3.8) is 0 Å². The van der Waals surface area contributed by atoms with Gasteiger partial charge in [0.15, 0.2) is 0 Å². The fourth-order valence-electron chi connectivity index (χ4n) is 1.44. The Balaban J connectivity index is 2.71. The first-order chi connectivity index (χ1) is 9.23. The van der Waals surface area contributed by atoms with E-state index in [0.29, 0.717) is 5.33 Å². The minimum Gasteiger partial charge on any atom is -0.406 e. The summed E-state index contributed by atoms with van der Waals surface area (Å²) in [5, 5.41) is 3.40. The number of benzene rings is 1. The Morgan fingerprint density at radius 2 is 1.85 bits per heavy atom. The molecule has 0 saturated carbocycles. The monoisotopic (exact) mass is 353 g/mol. The number of carbonyl (C=O) groups excluding carboxylic acids is 1. The summed E-state index contributed by atoms with van der Waals surface area (Å²) < 4.78 is 39.7. The van der Waals surface area contributed by atoms with E-state index in [1.165, 1.54) is 12.1 Å². The molecule has 3 nitrogen and oxygen atoms in total. The highest BCUT2D eigenvalue weighted by Gasteiger charge is 2.31. The molecule has 7 heteroatoms. The van der Waals surface area contributed by atoms with Gasteiger partial charge in [-0.1, -0.05) is 29.8 Å². The van der Waals surface area contributed by atoms with Gasteiger partial charge in [-0.05, 0) is 30.2 Å². The molecule has 20 heavy (non-hydrogen) atoms. The maximum atomic E-state index is 12.0. The van der Waals surface area contributed by atoms with Crippen LogP contribution in [0, 0.1) is 5.92 Å². The molecule has 1 amide bonds. The summed E-state index contributed by atoms with van der Waals surface area (Å²) in [5.74, 6) is -0.442. The summed E-state index contributed by atoms with van der Waals surface area (Å²) in [6.45, 7) is 3.93. The summed E-state index contributed by atoms with van der Waals surface area (Å²) in [6.07, 6.45) is -4.73. The molecule has 1 unspecified atom stereocenters. The van der Waals surface area contributed by atoms with E-state index in [1.807, 2.05) is 13.8 Å². The molecule has 0 saturated heterocycles. The number of rotatable bonds is 5. The van der Waals surface area contributed by atoms with E-state index in [-0.39, 0.29) is 29.2 Å². The molecule has 0 aromatic heterocycles. The van der Waals surface area contributed by atoms with Crippen molar-refractivity contribution in [2.24, 2.45) is 5.92 Å². The lowest BCUT2D eigenvalue weighted by Crippen LogP contribution is -2.39. The van der Waals surface area contributed by atoms with Crippen LogP contribution in [0.2, 0.25) is 0 Å². The number of halogens is 4. The smallest absolute Gasteiger partial charge is 0.406 e. The van der Waals surface area contributed by atoms with E-state index < -0.39 is 6.36 Å². The second-order valence-corrected chi connectivity index (χ2v) is 5.20. The summed E-state index contributed by atoms with van der Waals surface area (Å²) in [6, 6.07) is 4.76. The zero-order chi connectivity index (χ0) is 15.3.